The van der Waals surface area contributed by atoms with Crippen LogP contribution in [-0.4, -0.2) is 62.2 Å². The van der Waals surface area contributed by atoms with Gasteiger partial charge in [0.15, 0.2) is 5.92 Å². The molecule has 20 heavy (non-hydrogen) atoms. The van der Waals surface area contributed by atoms with E-state index in [0.29, 0.717) is 6.54 Å². The van der Waals surface area contributed by atoms with Crippen LogP contribution in [0.2, 0.25) is 0 Å². The van der Waals surface area contributed by atoms with Crippen molar-refractivity contribution in [3.8, 4) is 0 Å². The molecule has 0 unspecified atom stereocenters. The maximum Gasteiger partial charge on any atom is 0.330 e. The minimum absolute atomic E-state index is 0.521. The minimum Gasteiger partial charge on any atom is -0.333 e. The lowest BCUT2D eigenvalue weighted by molar-refractivity contribution is -0.903. The Labute approximate surface area is 118 Å². The normalized spacial score (nSPS) is 25.4. The lowest BCUT2D eigenvalue weighted by atomic mass is 10.1. The van der Waals surface area contributed by atoms with Crippen LogP contribution in [0, 0.1) is 5.92 Å². The second kappa shape index (κ2) is 6.60. The van der Waals surface area contributed by atoms with E-state index in [2.05, 4.69) is 10.3 Å². The molecule has 0 saturated carbocycles. The molecule has 0 spiro atoms. The first-order chi connectivity index (χ1) is 9.59. The molecule has 1 atom stereocenters. The zero-order valence-corrected chi connectivity index (χ0v) is 11.7. The smallest absolute Gasteiger partial charge is 0.330 e. The molecule has 7 nitrogen and oxygen atoms in total. The average molecular weight is 281 g/mol. The zero-order chi connectivity index (χ0) is 14.5. The first-order valence-electron chi connectivity index (χ1n) is 7.05. The van der Waals surface area contributed by atoms with E-state index in [9.17, 15) is 14.4 Å². The van der Waals surface area contributed by atoms with Crippen molar-refractivity contribution in [3.63, 3.8) is 0 Å². The number of imide groups is 2. The Hall–Kier alpha value is -1.76. The fourth-order valence-corrected chi connectivity index (χ4v) is 2.52. The lowest BCUT2D eigenvalue weighted by Gasteiger charge is -2.25. The number of carbonyl (C=O) groups excluding carboxylic acids is 3. The van der Waals surface area contributed by atoms with Gasteiger partial charge in [0, 0.05) is 13.3 Å². The third-order valence-electron chi connectivity index (χ3n) is 3.82. The molecule has 2 N–H and O–H groups in total. The number of piperidine rings is 1. The number of quaternary nitrogens is 1. The predicted octanol–water partition coefficient (Wildman–Crippen LogP) is -1.55. The summed E-state index contributed by atoms with van der Waals surface area (Å²) >= 11 is 0. The topological polar surface area (TPSA) is 83.3 Å². The predicted molar refractivity (Wildman–Crippen MR) is 72.6 cm³/mol. The van der Waals surface area contributed by atoms with E-state index in [1.807, 2.05) is 0 Å². The highest BCUT2D eigenvalue weighted by atomic mass is 16.2. The van der Waals surface area contributed by atoms with Crippen molar-refractivity contribution in [2.24, 2.45) is 10.9 Å². The summed E-state index contributed by atoms with van der Waals surface area (Å²) in [7, 11) is 1.35. The zero-order valence-electron chi connectivity index (χ0n) is 11.7. The molecule has 0 aromatic carbocycles. The highest BCUT2D eigenvalue weighted by molar-refractivity contribution is 6.23. The number of amides is 4. The van der Waals surface area contributed by atoms with Gasteiger partial charge < -0.3 is 4.90 Å². The van der Waals surface area contributed by atoms with E-state index in [0.717, 1.165) is 11.4 Å². The lowest BCUT2D eigenvalue weighted by Crippen LogP contribution is -3.13. The summed E-state index contributed by atoms with van der Waals surface area (Å²) in [5.41, 5.74) is 0. The number of nitrogens with zero attached hydrogens (tertiary/aromatic N) is 2. The second-order valence-electron chi connectivity index (χ2n) is 5.29. The number of hydrogen-bond donors (Lipinski definition) is 2. The van der Waals surface area contributed by atoms with Crippen molar-refractivity contribution in [2.45, 2.75) is 19.3 Å². The van der Waals surface area contributed by atoms with Gasteiger partial charge in [0.2, 0.25) is 11.8 Å². The Kier molecular flexibility index (Phi) is 4.84. The number of rotatable bonds is 4. The summed E-state index contributed by atoms with van der Waals surface area (Å²) in [6, 6.07) is -0.678. The van der Waals surface area contributed by atoms with Crippen LogP contribution in [0.4, 0.5) is 4.79 Å². The van der Waals surface area contributed by atoms with Gasteiger partial charge in [0.1, 0.15) is 0 Å². The number of barbiturate groups is 1. The van der Waals surface area contributed by atoms with Gasteiger partial charge >= 0.3 is 6.03 Å². The Bertz CT molecular complexity index is 429. The maximum atomic E-state index is 11.8. The molecule has 110 valence electrons. The highest BCUT2D eigenvalue weighted by Gasteiger charge is 2.37. The molecule has 2 rings (SSSR count). The van der Waals surface area contributed by atoms with Crippen LogP contribution in [0.3, 0.4) is 0 Å². The van der Waals surface area contributed by atoms with Gasteiger partial charge in [-0.15, -0.1) is 0 Å². The highest BCUT2D eigenvalue weighted by Crippen LogP contribution is 2.06. The van der Waals surface area contributed by atoms with E-state index in [4.69, 9.17) is 0 Å². The molecule has 0 aromatic heterocycles. The van der Waals surface area contributed by atoms with E-state index < -0.39 is 23.8 Å². The van der Waals surface area contributed by atoms with Crippen LogP contribution < -0.4 is 10.2 Å². The summed E-state index contributed by atoms with van der Waals surface area (Å²) in [5, 5.41) is 2.13. The summed E-state index contributed by atoms with van der Waals surface area (Å²) < 4.78 is 0. The van der Waals surface area contributed by atoms with Crippen molar-refractivity contribution in [1.82, 2.24) is 10.2 Å². The van der Waals surface area contributed by atoms with Crippen molar-refractivity contribution in [1.29, 1.82) is 0 Å². The molecule has 2 fully saturated rings. The maximum absolute atomic E-state index is 11.8. The number of hydrogen-bond acceptors (Lipinski definition) is 4. The molecule has 2 saturated heterocycles. The van der Waals surface area contributed by atoms with Gasteiger partial charge in [0.25, 0.3) is 0 Å². The standard InChI is InChI=1S/C13H20N4O3/c1-16-12(19)10(11(18)15-13(16)20)9-14-5-8-17-6-3-2-4-7-17/h9-10H,2-8H2,1H3,(H,15,18,20)/p+1/t10-/m0/s1. The molecule has 2 aliphatic heterocycles. The molecular weight excluding hydrogens is 260 g/mol. The van der Waals surface area contributed by atoms with Crippen LogP contribution in [0.25, 0.3) is 0 Å². The Balaban J connectivity index is 1.82. The van der Waals surface area contributed by atoms with E-state index in [1.54, 1.807) is 0 Å². The molecule has 2 aliphatic rings. The number of carbonyl (C=O) groups is 3. The summed E-state index contributed by atoms with van der Waals surface area (Å²) in [6.07, 6.45) is 5.19. The van der Waals surface area contributed by atoms with E-state index in [1.165, 1.54) is 50.5 Å². The van der Waals surface area contributed by atoms with Crippen molar-refractivity contribution < 1.29 is 19.3 Å². The summed E-state index contributed by atoms with van der Waals surface area (Å²) in [4.78, 5) is 41.2. The van der Waals surface area contributed by atoms with Gasteiger partial charge in [-0.05, 0) is 19.3 Å². The first kappa shape index (κ1) is 14.6. The number of likely N-dealkylation sites (tertiary alicyclic amines) is 1. The Morgan fingerprint density at radius 3 is 2.70 bits per heavy atom. The summed E-state index contributed by atoms with van der Waals surface area (Å²) in [6.45, 7) is 3.88. The molecule has 0 aromatic rings. The monoisotopic (exact) mass is 281 g/mol. The van der Waals surface area contributed by atoms with E-state index in [-0.39, 0.29) is 0 Å². The van der Waals surface area contributed by atoms with Crippen molar-refractivity contribution >= 4 is 24.1 Å². The number of urea groups is 1. The third kappa shape index (κ3) is 3.41. The molecule has 0 bridgehead atoms. The number of aliphatic imine (C=N–C) groups is 1. The molecule has 0 aliphatic carbocycles. The van der Waals surface area contributed by atoms with Gasteiger partial charge in [-0.25, -0.2) is 4.79 Å². The van der Waals surface area contributed by atoms with Crippen LogP contribution in [0.5, 0.6) is 0 Å². The van der Waals surface area contributed by atoms with Gasteiger partial charge in [-0.1, -0.05) is 0 Å². The Morgan fingerprint density at radius 1 is 1.30 bits per heavy atom. The van der Waals surface area contributed by atoms with Crippen LogP contribution >= 0.6 is 0 Å². The van der Waals surface area contributed by atoms with Crippen LogP contribution in [-0.2, 0) is 9.59 Å². The first-order valence-corrected chi connectivity index (χ1v) is 7.05. The quantitative estimate of drug-likeness (QED) is 0.483. The van der Waals surface area contributed by atoms with Gasteiger partial charge in [-0.2, -0.15) is 0 Å². The fraction of sp³-hybridized carbons (Fsp3) is 0.692. The van der Waals surface area contributed by atoms with Gasteiger partial charge in [-0.3, -0.25) is 24.8 Å². The number of nitrogens with one attached hydrogen (secondary N) is 2. The minimum atomic E-state index is -0.978. The van der Waals surface area contributed by atoms with Gasteiger partial charge in [0.05, 0.1) is 26.2 Å². The average Bonchev–Trinajstić information content (AvgIpc) is 2.45. The molecular formula is C13H21N4O3+. The third-order valence-corrected chi connectivity index (χ3v) is 3.82. The van der Waals surface area contributed by atoms with Crippen molar-refractivity contribution in [2.75, 3.05) is 33.2 Å². The molecule has 2 heterocycles. The molecule has 7 heteroatoms. The largest absolute Gasteiger partial charge is 0.333 e. The SMILES string of the molecule is CN1C(=O)NC(=O)[C@H](C=NCC[NH+]2CCCCC2)C1=O. The molecule has 4 amide bonds. The molecule has 0 radical (unpaired) electrons. The summed E-state index contributed by atoms with van der Waals surface area (Å²) in [5.74, 6) is -2.09. The second-order valence-corrected chi connectivity index (χ2v) is 5.29. The van der Waals surface area contributed by atoms with E-state index >= 15 is 0 Å². The van der Waals surface area contributed by atoms with Crippen LogP contribution in [0.15, 0.2) is 4.99 Å². The fourth-order valence-electron chi connectivity index (χ4n) is 2.52. The van der Waals surface area contributed by atoms with Crippen molar-refractivity contribution in [3.05, 3.63) is 0 Å². The van der Waals surface area contributed by atoms with Crippen LogP contribution in [0.1, 0.15) is 19.3 Å². The Morgan fingerprint density at radius 2 is 2.00 bits per heavy atom.